The minimum atomic E-state index is -1.03. The number of hydrogen-bond donors (Lipinski definition) is 4. The molecule has 0 radical (unpaired) electrons. The number of carboxylic acids is 1. The van der Waals surface area contributed by atoms with Crippen molar-refractivity contribution in [2.24, 2.45) is 5.73 Å². The Bertz CT molecular complexity index is 868. The molecule has 4 amide bonds. The van der Waals surface area contributed by atoms with Crippen molar-refractivity contribution in [1.29, 1.82) is 0 Å². The monoisotopic (exact) mass is 406 g/mol. The topological polar surface area (TPSA) is 184 Å². The lowest BCUT2D eigenvalue weighted by molar-refractivity contribution is -0.152. The molecule has 1 fully saturated rings. The first-order valence-electron chi connectivity index (χ1n) is 8.81. The summed E-state index contributed by atoms with van der Waals surface area (Å²) in [5, 5.41) is 16.8. The maximum atomic E-state index is 12.5. The predicted molar refractivity (Wildman–Crippen MR) is 99.5 cm³/mol. The number of carbonyl (C=O) groups is 5. The normalized spacial score (nSPS) is 19.6. The van der Waals surface area contributed by atoms with Gasteiger partial charge >= 0.3 is 5.97 Å². The molecule has 0 spiro atoms. The summed E-state index contributed by atoms with van der Waals surface area (Å²) in [6.45, 7) is 0.898. The van der Waals surface area contributed by atoms with Crippen LogP contribution in [-0.2, 0) is 14.4 Å². The van der Waals surface area contributed by atoms with Gasteiger partial charge < -0.3 is 21.7 Å². The van der Waals surface area contributed by atoms with Crippen molar-refractivity contribution in [3.63, 3.8) is 0 Å². The highest BCUT2D eigenvalue weighted by Crippen LogP contribution is 2.30. The van der Waals surface area contributed by atoms with Crippen LogP contribution >= 0.6 is 0 Å². The van der Waals surface area contributed by atoms with Crippen molar-refractivity contribution in [1.82, 2.24) is 9.80 Å². The van der Waals surface area contributed by atoms with Crippen LogP contribution in [0.5, 0.6) is 0 Å². The number of aliphatic carboxylic acids is 1. The van der Waals surface area contributed by atoms with Crippen molar-refractivity contribution in [3.05, 3.63) is 29.3 Å². The molecule has 0 aromatic heterocycles. The Kier molecular flexibility index (Phi) is 6.67. The fourth-order valence-corrected chi connectivity index (χ4v) is 2.96. The standard InChI is InChI=1S/C15H15N3O5.C3H7NO2/c16-8-1-2-9-10(7-8)14(22)18(13(9)21)11-3-4-12(20)17(5-6-19)15(11)23;1-2(4)3(5)6/h1-2,7,11,19H,3-6,16H2;2H,4H2,1H3,(H,5,6)/t;2-/m.0/s1. The van der Waals surface area contributed by atoms with Gasteiger partial charge in [0.1, 0.15) is 12.1 Å². The Hall–Kier alpha value is -3.31. The highest BCUT2D eigenvalue weighted by molar-refractivity contribution is 6.23. The van der Waals surface area contributed by atoms with Crippen LogP contribution in [0.25, 0.3) is 0 Å². The molecule has 2 aliphatic rings. The maximum Gasteiger partial charge on any atom is 0.320 e. The lowest BCUT2D eigenvalue weighted by Crippen LogP contribution is -2.56. The van der Waals surface area contributed by atoms with Gasteiger partial charge in [-0.2, -0.15) is 0 Å². The zero-order valence-electron chi connectivity index (χ0n) is 15.7. The number of fused-ring (bicyclic) bond motifs is 1. The number of benzene rings is 1. The summed E-state index contributed by atoms with van der Waals surface area (Å²) < 4.78 is 0. The van der Waals surface area contributed by atoms with Crippen LogP contribution in [0.1, 0.15) is 40.5 Å². The SMILES string of the molecule is C[C@H](N)C(=O)O.Nc1ccc2c(c1)C(=O)N(C1CCC(=O)N(CCO)C1=O)C2=O. The lowest BCUT2D eigenvalue weighted by atomic mass is 10.0. The van der Waals surface area contributed by atoms with Crippen molar-refractivity contribution in [3.8, 4) is 0 Å². The first-order chi connectivity index (χ1) is 13.6. The number of aliphatic hydroxyl groups is 1. The van der Waals surface area contributed by atoms with E-state index in [1.165, 1.54) is 25.1 Å². The third kappa shape index (κ3) is 4.41. The number of imide groups is 2. The molecular formula is C18H22N4O7. The number of nitrogens with zero attached hydrogens (tertiary/aromatic N) is 2. The van der Waals surface area contributed by atoms with E-state index in [9.17, 15) is 24.0 Å². The smallest absolute Gasteiger partial charge is 0.320 e. The minimum Gasteiger partial charge on any atom is -0.480 e. The highest BCUT2D eigenvalue weighted by atomic mass is 16.4. The number of anilines is 1. The van der Waals surface area contributed by atoms with E-state index in [0.29, 0.717) is 5.69 Å². The van der Waals surface area contributed by atoms with Gasteiger partial charge in [-0.05, 0) is 31.5 Å². The Morgan fingerprint density at radius 2 is 1.79 bits per heavy atom. The summed E-state index contributed by atoms with van der Waals surface area (Å²) in [6, 6.07) is 2.60. The van der Waals surface area contributed by atoms with E-state index in [-0.39, 0.29) is 37.1 Å². The number of β-amino-alcohol motifs (C(OH)–C–C–N with tert-alkyl or cyclic N) is 1. The van der Waals surface area contributed by atoms with Crippen LogP contribution in [0.4, 0.5) is 5.69 Å². The highest BCUT2D eigenvalue weighted by Gasteiger charge is 2.46. The predicted octanol–water partition coefficient (Wildman–Crippen LogP) is -1.21. The van der Waals surface area contributed by atoms with Crippen LogP contribution in [0.15, 0.2) is 18.2 Å². The van der Waals surface area contributed by atoms with Crippen LogP contribution < -0.4 is 11.5 Å². The molecule has 1 saturated heterocycles. The van der Waals surface area contributed by atoms with Gasteiger partial charge in [-0.1, -0.05) is 0 Å². The van der Waals surface area contributed by atoms with Crippen molar-refractivity contribution >= 4 is 35.3 Å². The zero-order chi connectivity index (χ0) is 21.9. The molecule has 2 aliphatic heterocycles. The van der Waals surface area contributed by atoms with Crippen molar-refractivity contribution in [2.75, 3.05) is 18.9 Å². The summed E-state index contributed by atoms with van der Waals surface area (Å²) in [6.07, 6.45) is 0.118. The number of piperidine rings is 1. The molecule has 156 valence electrons. The molecule has 0 saturated carbocycles. The number of nitrogen functional groups attached to an aromatic ring is 1. The molecule has 1 unspecified atom stereocenters. The van der Waals surface area contributed by atoms with Gasteiger partial charge in [-0.25, -0.2) is 0 Å². The second-order valence-corrected chi connectivity index (χ2v) is 6.57. The fourth-order valence-electron chi connectivity index (χ4n) is 2.96. The molecular weight excluding hydrogens is 384 g/mol. The van der Waals surface area contributed by atoms with Crippen LogP contribution in [0.3, 0.4) is 0 Å². The molecule has 29 heavy (non-hydrogen) atoms. The second-order valence-electron chi connectivity index (χ2n) is 6.57. The van der Waals surface area contributed by atoms with Gasteiger partial charge in [0, 0.05) is 12.1 Å². The Balaban J connectivity index is 0.000000438. The number of carboxylic acid groups (broad SMARTS) is 1. The number of aliphatic hydroxyl groups excluding tert-OH is 1. The summed E-state index contributed by atoms with van der Waals surface area (Å²) in [7, 11) is 0. The molecule has 1 aromatic carbocycles. The van der Waals surface area contributed by atoms with E-state index in [1.807, 2.05) is 0 Å². The third-order valence-electron chi connectivity index (χ3n) is 4.45. The Morgan fingerprint density at radius 3 is 2.34 bits per heavy atom. The summed E-state index contributed by atoms with van der Waals surface area (Å²) >= 11 is 0. The fraction of sp³-hybridized carbons (Fsp3) is 0.389. The second kappa shape index (κ2) is 8.80. The molecule has 0 aliphatic carbocycles. The molecule has 11 nitrogen and oxygen atoms in total. The number of likely N-dealkylation sites (tertiary alicyclic amines) is 1. The quantitative estimate of drug-likeness (QED) is 0.352. The van der Waals surface area contributed by atoms with E-state index in [0.717, 1.165) is 9.80 Å². The van der Waals surface area contributed by atoms with E-state index in [1.54, 1.807) is 0 Å². The van der Waals surface area contributed by atoms with Crippen LogP contribution in [-0.4, -0.2) is 74.8 Å². The van der Waals surface area contributed by atoms with E-state index < -0.39 is 41.7 Å². The molecule has 0 bridgehead atoms. The Labute approximate surface area is 165 Å². The van der Waals surface area contributed by atoms with Gasteiger partial charge in [0.15, 0.2) is 0 Å². The largest absolute Gasteiger partial charge is 0.480 e. The van der Waals surface area contributed by atoms with E-state index in [2.05, 4.69) is 0 Å². The number of rotatable bonds is 4. The van der Waals surface area contributed by atoms with Gasteiger partial charge in [0.2, 0.25) is 5.91 Å². The molecule has 2 heterocycles. The average Bonchev–Trinajstić information content (AvgIpc) is 2.90. The number of carbonyl (C=O) groups excluding carboxylic acids is 4. The van der Waals surface area contributed by atoms with Gasteiger partial charge in [-0.15, -0.1) is 0 Å². The molecule has 6 N–H and O–H groups in total. The lowest BCUT2D eigenvalue weighted by Gasteiger charge is -2.34. The van der Waals surface area contributed by atoms with E-state index in [4.69, 9.17) is 21.7 Å². The molecule has 11 heteroatoms. The molecule has 3 rings (SSSR count). The summed E-state index contributed by atoms with van der Waals surface area (Å²) in [5.41, 5.74) is 11.2. The van der Waals surface area contributed by atoms with E-state index >= 15 is 0 Å². The zero-order valence-corrected chi connectivity index (χ0v) is 15.7. The van der Waals surface area contributed by atoms with Crippen LogP contribution in [0, 0.1) is 0 Å². The van der Waals surface area contributed by atoms with Crippen molar-refractivity contribution < 1.29 is 34.2 Å². The van der Waals surface area contributed by atoms with Gasteiger partial charge in [0.05, 0.1) is 24.3 Å². The Morgan fingerprint density at radius 1 is 1.21 bits per heavy atom. The summed E-state index contributed by atoms with van der Waals surface area (Å²) in [5.74, 6) is -3.18. The number of nitrogens with two attached hydrogens (primary N) is 2. The first kappa shape index (κ1) is 22.0. The average molecular weight is 406 g/mol. The molecule has 1 aromatic rings. The van der Waals surface area contributed by atoms with Crippen LogP contribution in [0.2, 0.25) is 0 Å². The summed E-state index contributed by atoms with van der Waals surface area (Å²) in [4.78, 5) is 60.5. The first-order valence-corrected chi connectivity index (χ1v) is 8.81. The van der Waals surface area contributed by atoms with Crippen molar-refractivity contribution in [2.45, 2.75) is 31.8 Å². The molecule has 2 atom stereocenters. The van der Waals surface area contributed by atoms with Gasteiger partial charge in [-0.3, -0.25) is 33.8 Å². The maximum absolute atomic E-state index is 12.5. The number of amides is 4. The minimum absolute atomic E-state index is 0.0337. The third-order valence-corrected chi connectivity index (χ3v) is 4.45. The number of hydrogen-bond acceptors (Lipinski definition) is 8. The van der Waals surface area contributed by atoms with Gasteiger partial charge in [0.25, 0.3) is 17.7 Å².